The molecule has 0 aliphatic heterocycles. The average molecular weight is 255 g/mol. The van der Waals surface area contributed by atoms with Gasteiger partial charge in [0.15, 0.2) is 0 Å². The molecule has 1 aliphatic rings. The standard InChI is InChI=1S/C12H15ClN2O2/c1-2-17-10-4-3-8(7-9(10)13)12(5-6-12)11(16)15-14/h3-4,7H,2,5-6,14H2,1H3,(H,15,16). The summed E-state index contributed by atoms with van der Waals surface area (Å²) in [6.07, 6.45) is 1.61. The summed E-state index contributed by atoms with van der Waals surface area (Å²) < 4.78 is 5.35. The molecule has 0 saturated heterocycles. The van der Waals surface area contributed by atoms with Gasteiger partial charge in [0, 0.05) is 0 Å². The van der Waals surface area contributed by atoms with Gasteiger partial charge in [-0.3, -0.25) is 10.2 Å². The minimum atomic E-state index is -0.483. The molecule has 2 rings (SSSR count). The van der Waals surface area contributed by atoms with Gasteiger partial charge in [0.25, 0.3) is 0 Å². The zero-order valence-electron chi connectivity index (χ0n) is 9.63. The Morgan fingerprint density at radius 2 is 2.29 bits per heavy atom. The van der Waals surface area contributed by atoms with Crippen molar-refractivity contribution in [3.8, 4) is 5.75 Å². The van der Waals surface area contributed by atoms with Crippen molar-refractivity contribution in [2.45, 2.75) is 25.2 Å². The van der Waals surface area contributed by atoms with Crippen LogP contribution >= 0.6 is 11.6 Å². The minimum absolute atomic E-state index is 0.155. The number of ether oxygens (including phenoxy) is 1. The molecule has 5 heteroatoms. The number of halogens is 1. The lowest BCUT2D eigenvalue weighted by molar-refractivity contribution is -0.123. The lowest BCUT2D eigenvalue weighted by Crippen LogP contribution is -2.39. The van der Waals surface area contributed by atoms with Crippen LogP contribution in [0.15, 0.2) is 18.2 Å². The topological polar surface area (TPSA) is 64.3 Å². The lowest BCUT2D eigenvalue weighted by atomic mass is 9.95. The summed E-state index contributed by atoms with van der Waals surface area (Å²) in [6, 6.07) is 5.46. The van der Waals surface area contributed by atoms with Gasteiger partial charge in [-0.1, -0.05) is 17.7 Å². The van der Waals surface area contributed by atoms with Gasteiger partial charge in [-0.25, -0.2) is 5.84 Å². The first-order valence-electron chi connectivity index (χ1n) is 5.58. The van der Waals surface area contributed by atoms with Crippen LogP contribution in [0.3, 0.4) is 0 Å². The maximum Gasteiger partial charge on any atom is 0.244 e. The predicted molar refractivity (Wildman–Crippen MR) is 65.9 cm³/mol. The third-order valence-electron chi connectivity index (χ3n) is 3.10. The van der Waals surface area contributed by atoms with E-state index in [2.05, 4.69) is 5.43 Å². The molecule has 0 bridgehead atoms. The van der Waals surface area contributed by atoms with Crippen molar-refractivity contribution in [3.63, 3.8) is 0 Å². The first kappa shape index (κ1) is 12.2. The van der Waals surface area contributed by atoms with Crippen LogP contribution in [0.4, 0.5) is 0 Å². The van der Waals surface area contributed by atoms with Crippen LogP contribution in [-0.2, 0) is 10.2 Å². The van der Waals surface area contributed by atoms with Gasteiger partial charge >= 0.3 is 0 Å². The second-order valence-corrected chi connectivity index (χ2v) is 4.54. The summed E-state index contributed by atoms with van der Waals surface area (Å²) in [5.41, 5.74) is 2.63. The molecule has 1 fully saturated rings. The van der Waals surface area contributed by atoms with Crippen LogP contribution in [-0.4, -0.2) is 12.5 Å². The molecule has 0 aromatic heterocycles. The number of nitrogens with one attached hydrogen (secondary N) is 1. The molecule has 0 spiro atoms. The average Bonchev–Trinajstić information content (AvgIpc) is 3.12. The zero-order valence-corrected chi connectivity index (χ0v) is 10.4. The number of amides is 1. The molecule has 4 nitrogen and oxygen atoms in total. The van der Waals surface area contributed by atoms with Gasteiger partial charge in [-0.05, 0) is 37.5 Å². The van der Waals surface area contributed by atoms with Gasteiger partial charge < -0.3 is 4.74 Å². The Hall–Kier alpha value is -1.26. The highest BCUT2D eigenvalue weighted by atomic mass is 35.5. The fourth-order valence-electron chi connectivity index (χ4n) is 1.98. The number of nitrogens with two attached hydrogens (primary N) is 1. The predicted octanol–water partition coefficient (Wildman–Crippen LogP) is 1.76. The minimum Gasteiger partial charge on any atom is -0.492 e. The summed E-state index contributed by atoms with van der Waals surface area (Å²) >= 11 is 6.10. The molecule has 1 aliphatic carbocycles. The molecule has 0 heterocycles. The summed E-state index contributed by atoms with van der Waals surface area (Å²) in [6.45, 7) is 2.46. The molecule has 0 unspecified atom stereocenters. The Morgan fingerprint density at radius 3 is 2.76 bits per heavy atom. The van der Waals surface area contributed by atoms with E-state index in [0.717, 1.165) is 18.4 Å². The summed E-state index contributed by atoms with van der Waals surface area (Å²) in [5, 5.41) is 0.528. The molecule has 17 heavy (non-hydrogen) atoms. The number of hydrogen-bond acceptors (Lipinski definition) is 3. The smallest absolute Gasteiger partial charge is 0.244 e. The Bertz CT molecular complexity index is 444. The zero-order chi connectivity index (χ0) is 12.5. The maximum atomic E-state index is 11.7. The van der Waals surface area contributed by atoms with E-state index in [-0.39, 0.29) is 5.91 Å². The molecule has 92 valence electrons. The van der Waals surface area contributed by atoms with Crippen LogP contribution in [0.5, 0.6) is 5.75 Å². The van der Waals surface area contributed by atoms with Crippen LogP contribution < -0.4 is 16.0 Å². The fourth-order valence-corrected chi connectivity index (χ4v) is 2.22. The molecule has 1 aromatic carbocycles. The third kappa shape index (κ3) is 2.10. The molecule has 1 aromatic rings. The Balaban J connectivity index is 2.29. The van der Waals surface area contributed by atoms with E-state index in [1.807, 2.05) is 13.0 Å². The van der Waals surface area contributed by atoms with Crippen molar-refractivity contribution in [1.29, 1.82) is 0 Å². The number of benzene rings is 1. The fraction of sp³-hybridized carbons (Fsp3) is 0.417. The van der Waals surface area contributed by atoms with E-state index in [1.165, 1.54) is 0 Å². The summed E-state index contributed by atoms with van der Waals surface area (Å²) in [4.78, 5) is 11.7. The van der Waals surface area contributed by atoms with Crippen LogP contribution in [0.1, 0.15) is 25.3 Å². The first-order valence-corrected chi connectivity index (χ1v) is 5.95. The molecule has 1 amide bonds. The van der Waals surface area contributed by atoms with Gasteiger partial charge in [-0.2, -0.15) is 0 Å². The van der Waals surface area contributed by atoms with Crippen molar-refractivity contribution in [3.05, 3.63) is 28.8 Å². The highest BCUT2D eigenvalue weighted by Gasteiger charge is 2.51. The molecule has 3 N–H and O–H groups in total. The second-order valence-electron chi connectivity index (χ2n) is 4.13. The first-order chi connectivity index (χ1) is 8.14. The van der Waals surface area contributed by atoms with Gasteiger partial charge in [0.05, 0.1) is 17.0 Å². The Morgan fingerprint density at radius 1 is 1.59 bits per heavy atom. The van der Waals surface area contributed by atoms with Crippen LogP contribution in [0.2, 0.25) is 5.02 Å². The van der Waals surface area contributed by atoms with Gasteiger partial charge in [0.1, 0.15) is 5.75 Å². The second kappa shape index (κ2) is 4.55. The largest absolute Gasteiger partial charge is 0.492 e. The Kier molecular flexibility index (Phi) is 3.26. The van der Waals surface area contributed by atoms with Gasteiger partial charge in [0.2, 0.25) is 5.91 Å². The van der Waals surface area contributed by atoms with E-state index in [4.69, 9.17) is 22.2 Å². The molecule has 0 radical (unpaired) electrons. The van der Waals surface area contributed by atoms with E-state index in [0.29, 0.717) is 17.4 Å². The van der Waals surface area contributed by atoms with Crippen molar-refractivity contribution in [2.75, 3.05) is 6.61 Å². The van der Waals surface area contributed by atoms with E-state index in [1.54, 1.807) is 12.1 Å². The van der Waals surface area contributed by atoms with E-state index in [9.17, 15) is 4.79 Å². The van der Waals surface area contributed by atoms with Crippen LogP contribution in [0.25, 0.3) is 0 Å². The summed E-state index contributed by atoms with van der Waals surface area (Å²) in [7, 11) is 0. The number of carbonyl (C=O) groups excluding carboxylic acids is 1. The quantitative estimate of drug-likeness (QED) is 0.489. The number of carbonyl (C=O) groups is 1. The molecular weight excluding hydrogens is 240 g/mol. The molecule has 0 atom stereocenters. The number of hydrazine groups is 1. The van der Waals surface area contributed by atoms with Crippen LogP contribution in [0, 0.1) is 0 Å². The normalized spacial score (nSPS) is 16.4. The summed E-state index contributed by atoms with van der Waals surface area (Å²) in [5.74, 6) is 5.68. The third-order valence-corrected chi connectivity index (χ3v) is 3.40. The Labute approximate surface area is 105 Å². The van der Waals surface area contributed by atoms with Crippen molar-refractivity contribution in [2.24, 2.45) is 5.84 Å². The van der Waals surface area contributed by atoms with Crippen molar-refractivity contribution in [1.82, 2.24) is 5.43 Å². The maximum absolute atomic E-state index is 11.7. The van der Waals surface area contributed by atoms with Crippen molar-refractivity contribution >= 4 is 17.5 Å². The highest BCUT2D eigenvalue weighted by Crippen LogP contribution is 2.49. The number of rotatable bonds is 4. The monoisotopic (exact) mass is 254 g/mol. The lowest BCUT2D eigenvalue weighted by Gasteiger charge is -2.15. The van der Waals surface area contributed by atoms with Crippen molar-refractivity contribution < 1.29 is 9.53 Å². The number of hydrogen-bond donors (Lipinski definition) is 2. The van der Waals surface area contributed by atoms with E-state index < -0.39 is 5.41 Å². The van der Waals surface area contributed by atoms with Gasteiger partial charge in [-0.15, -0.1) is 0 Å². The molecule has 1 saturated carbocycles. The highest BCUT2D eigenvalue weighted by molar-refractivity contribution is 6.32. The SMILES string of the molecule is CCOc1ccc(C2(C(=O)NN)CC2)cc1Cl. The van der Waals surface area contributed by atoms with E-state index >= 15 is 0 Å². The molecular formula is C12H15ClN2O2.